The lowest BCUT2D eigenvalue weighted by atomic mass is 9.91. The third-order valence-corrected chi connectivity index (χ3v) is 5.92. The van der Waals surface area contributed by atoms with Crippen molar-refractivity contribution in [1.29, 1.82) is 0 Å². The Balaban J connectivity index is 1.40. The standard InChI is InChI=1S/C21H24N6O/c1-13-10-23-19-11-26(12-20(19)24-13)15-4-5-18-17(8-15)14(2)27(25-18)16-6-7-22-21(9-16)28-3/h6-7,9-10,15H,4-5,8,11-12H2,1-3H3/t15-/m0/s1. The molecular formula is C21H24N6O. The second kappa shape index (κ2) is 6.67. The molecule has 0 bridgehead atoms. The first kappa shape index (κ1) is 17.3. The van der Waals surface area contributed by atoms with E-state index in [1.165, 1.54) is 17.0 Å². The lowest BCUT2D eigenvalue weighted by Gasteiger charge is -2.30. The van der Waals surface area contributed by atoms with Gasteiger partial charge in [0.25, 0.3) is 0 Å². The van der Waals surface area contributed by atoms with Crippen LogP contribution in [-0.4, -0.2) is 42.8 Å². The monoisotopic (exact) mass is 376 g/mol. The highest BCUT2D eigenvalue weighted by Crippen LogP contribution is 2.32. The highest BCUT2D eigenvalue weighted by atomic mass is 16.5. The number of nitrogens with zero attached hydrogens (tertiary/aromatic N) is 6. The van der Waals surface area contributed by atoms with Crippen LogP contribution < -0.4 is 4.74 Å². The third kappa shape index (κ3) is 2.86. The summed E-state index contributed by atoms with van der Waals surface area (Å²) in [6.07, 6.45) is 6.79. The second-order valence-electron chi connectivity index (χ2n) is 7.69. The molecule has 0 N–H and O–H groups in total. The van der Waals surface area contributed by atoms with Crippen molar-refractivity contribution < 1.29 is 4.74 Å². The fourth-order valence-corrected chi connectivity index (χ4v) is 4.42. The van der Waals surface area contributed by atoms with E-state index in [1.807, 2.05) is 29.9 Å². The number of pyridine rings is 1. The van der Waals surface area contributed by atoms with E-state index in [-0.39, 0.29) is 0 Å². The van der Waals surface area contributed by atoms with Gasteiger partial charge in [-0.3, -0.25) is 14.9 Å². The summed E-state index contributed by atoms with van der Waals surface area (Å²) in [6, 6.07) is 4.41. The van der Waals surface area contributed by atoms with E-state index in [1.54, 1.807) is 13.3 Å². The largest absolute Gasteiger partial charge is 0.481 e. The number of methoxy groups -OCH3 is 1. The van der Waals surface area contributed by atoms with Crippen LogP contribution >= 0.6 is 0 Å². The summed E-state index contributed by atoms with van der Waals surface area (Å²) in [7, 11) is 1.64. The lowest BCUT2D eigenvalue weighted by molar-refractivity contribution is 0.179. The zero-order valence-electron chi connectivity index (χ0n) is 16.5. The van der Waals surface area contributed by atoms with Gasteiger partial charge in [-0.15, -0.1) is 0 Å². The molecule has 0 unspecified atom stereocenters. The smallest absolute Gasteiger partial charge is 0.215 e. The van der Waals surface area contributed by atoms with Gasteiger partial charge in [-0.2, -0.15) is 5.10 Å². The maximum Gasteiger partial charge on any atom is 0.215 e. The normalized spacial score (nSPS) is 18.8. The first-order valence-corrected chi connectivity index (χ1v) is 9.75. The minimum Gasteiger partial charge on any atom is -0.481 e. The zero-order valence-corrected chi connectivity index (χ0v) is 16.5. The molecule has 0 fully saturated rings. The van der Waals surface area contributed by atoms with Gasteiger partial charge < -0.3 is 4.74 Å². The van der Waals surface area contributed by atoms with Crippen molar-refractivity contribution in [3.05, 3.63) is 58.6 Å². The average molecular weight is 376 g/mol. The Morgan fingerprint density at radius 3 is 2.82 bits per heavy atom. The molecule has 3 aromatic heterocycles. The minimum absolute atomic E-state index is 0.507. The summed E-state index contributed by atoms with van der Waals surface area (Å²) in [5.74, 6) is 0.605. The number of fused-ring (bicyclic) bond motifs is 2. The van der Waals surface area contributed by atoms with Crippen molar-refractivity contribution in [3.8, 4) is 11.6 Å². The van der Waals surface area contributed by atoms with E-state index in [4.69, 9.17) is 9.84 Å². The van der Waals surface area contributed by atoms with E-state index >= 15 is 0 Å². The zero-order chi connectivity index (χ0) is 19.3. The number of aryl methyl sites for hydroxylation is 2. The van der Waals surface area contributed by atoms with Gasteiger partial charge >= 0.3 is 0 Å². The molecule has 7 nitrogen and oxygen atoms in total. The minimum atomic E-state index is 0.507. The van der Waals surface area contributed by atoms with E-state index in [2.05, 4.69) is 26.8 Å². The lowest BCUT2D eigenvalue weighted by Crippen LogP contribution is -2.35. The molecule has 5 rings (SSSR count). The highest BCUT2D eigenvalue weighted by molar-refractivity contribution is 5.40. The van der Waals surface area contributed by atoms with Crippen LogP contribution in [0.1, 0.15) is 40.5 Å². The van der Waals surface area contributed by atoms with Gasteiger partial charge in [0.2, 0.25) is 5.88 Å². The molecule has 0 saturated carbocycles. The Kier molecular flexibility index (Phi) is 4.12. The van der Waals surface area contributed by atoms with Crippen molar-refractivity contribution in [2.75, 3.05) is 7.11 Å². The summed E-state index contributed by atoms with van der Waals surface area (Å²) >= 11 is 0. The van der Waals surface area contributed by atoms with E-state index < -0.39 is 0 Å². The molecule has 1 aliphatic heterocycles. The molecule has 1 atom stereocenters. The SMILES string of the molecule is COc1cc(-n2nc3c(c2C)C[C@@H](N2Cc4ncc(C)nc4C2)CC3)ccn1. The summed E-state index contributed by atoms with van der Waals surface area (Å²) in [5, 5.41) is 4.90. The number of hydrogen-bond acceptors (Lipinski definition) is 6. The van der Waals surface area contributed by atoms with Gasteiger partial charge in [0.15, 0.2) is 0 Å². The quantitative estimate of drug-likeness (QED) is 0.700. The summed E-state index contributed by atoms with van der Waals surface area (Å²) < 4.78 is 7.30. The van der Waals surface area contributed by atoms with Crippen molar-refractivity contribution in [2.24, 2.45) is 0 Å². The Morgan fingerprint density at radius 2 is 1.96 bits per heavy atom. The summed E-state index contributed by atoms with van der Waals surface area (Å²) in [5.41, 5.74) is 8.06. The molecule has 0 saturated heterocycles. The summed E-state index contributed by atoms with van der Waals surface area (Å²) in [4.78, 5) is 16.0. The number of hydrogen-bond donors (Lipinski definition) is 0. The van der Waals surface area contributed by atoms with Crippen LogP contribution in [-0.2, 0) is 25.9 Å². The van der Waals surface area contributed by atoms with Gasteiger partial charge in [0.05, 0.1) is 35.6 Å². The topological polar surface area (TPSA) is 69.0 Å². The fraction of sp³-hybridized carbons (Fsp3) is 0.429. The van der Waals surface area contributed by atoms with Crippen molar-refractivity contribution in [1.82, 2.24) is 29.6 Å². The summed E-state index contributed by atoms with van der Waals surface area (Å²) in [6.45, 7) is 5.97. The van der Waals surface area contributed by atoms with Crippen LogP contribution in [0.5, 0.6) is 5.88 Å². The Labute approximate surface area is 164 Å². The van der Waals surface area contributed by atoms with Crippen LogP contribution in [0.15, 0.2) is 24.5 Å². The Hall–Kier alpha value is -2.80. The Morgan fingerprint density at radius 1 is 1.11 bits per heavy atom. The Bertz CT molecular complexity index is 1040. The molecule has 28 heavy (non-hydrogen) atoms. The first-order chi connectivity index (χ1) is 13.6. The molecule has 2 aliphatic rings. The molecule has 0 spiro atoms. The van der Waals surface area contributed by atoms with Crippen LogP contribution in [0.4, 0.5) is 0 Å². The molecule has 1 aliphatic carbocycles. The van der Waals surface area contributed by atoms with Crippen molar-refractivity contribution in [2.45, 2.75) is 52.2 Å². The number of rotatable bonds is 3. The highest BCUT2D eigenvalue weighted by Gasteiger charge is 2.32. The van der Waals surface area contributed by atoms with Crippen LogP contribution in [0.25, 0.3) is 5.69 Å². The molecule has 0 aromatic carbocycles. The van der Waals surface area contributed by atoms with Gasteiger partial charge in [-0.05, 0) is 44.7 Å². The van der Waals surface area contributed by atoms with Gasteiger partial charge in [-0.25, -0.2) is 9.67 Å². The molecule has 0 radical (unpaired) electrons. The average Bonchev–Trinajstić information content (AvgIpc) is 3.28. The molecular weight excluding hydrogens is 352 g/mol. The van der Waals surface area contributed by atoms with E-state index in [0.29, 0.717) is 11.9 Å². The van der Waals surface area contributed by atoms with Crippen molar-refractivity contribution >= 4 is 0 Å². The fourth-order valence-electron chi connectivity index (χ4n) is 4.42. The van der Waals surface area contributed by atoms with Gasteiger partial charge in [-0.1, -0.05) is 0 Å². The number of ether oxygens (including phenoxy) is 1. The van der Waals surface area contributed by atoms with Crippen LogP contribution in [0.3, 0.4) is 0 Å². The van der Waals surface area contributed by atoms with Crippen LogP contribution in [0.2, 0.25) is 0 Å². The van der Waals surface area contributed by atoms with Gasteiger partial charge in [0.1, 0.15) is 0 Å². The predicted octanol–water partition coefficient (Wildman–Crippen LogP) is 2.56. The molecule has 7 heteroatoms. The molecule has 144 valence electrons. The third-order valence-electron chi connectivity index (χ3n) is 5.92. The molecule has 4 heterocycles. The molecule has 3 aromatic rings. The van der Waals surface area contributed by atoms with E-state index in [9.17, 15) is 0 Å². The van der Waals surface area contributed by atoms with Gasteiger partial charge in [0, 0.05) is 43.3 Å². The predicted molar refractivity (Wildman–Crippen MR) is 104 cm³/mol. The van der Waals surface area contributed by atoms with Crippen molar-refractivity contribution in [3.63, 3.8) is 0 Å². The van der Waals surface area contributed by atoms with E-state index in [0.717, 1.165) is 55.1 Å². The first-order valence-electron chi connectivity index (χ1n) is 9.75. The number of aromatic nitrogens is 5. The maximum atomic E-state index is 5.27. The second-order valence-corrected chi connectivity index (χ2v) is 7.69. The maximum absolute atomic E-state index is 5.27. The molecule has 0 amide bonds. The van der Waals surface area contributed by atoms with Crippen LogP contribution in [0, 0.1) is 13.8 Å².